The normalized spacial score (nSPS) is 13.3. The van der Waals surface area contributed by atoms with Crippen molar-refractivity contribution in [2.75, 3.05) is 11.1 Å². The van der Waals surface area contributed by atoms with Gasteiger partial charge < -0.3 is 5.32 Å². The van der Waals surface area contributed by atoms with Crippen LogP contribution in [-0.4, -0.2) is 36.3 Å². The fraction of sp³-hybridized carbons (Fsp3) is 0.263. The number of carbonyl (C=O) groups is 1. The van der Waals surface area contributed by atoms with Crippen LogP contribution in [-0.2, 0) is 4.79 Å². The molecule has 9 nitrogen and oxygen atoms in total. The lowest BCUT2D eigenvalue weighted by atomic mass is 10.2. The molecule has 3 aromatic rings. The molecule has 1 fully saturated rings. The molecule has 1 N–H and O–H groups in total. The van der Waals surface area contributed by atoms with E-state index in [4.69, 9.17) is 0 Å². The Morgan fingerprint density at radius 1 is 1.34 bits per heavy atom. The molecule has 2 aromatic heterocycles. The summed E-state index contributed by atoms with van der Waals surface area (Å²) in [6, 6.07) is 8.75. The van der Waals surface area contributed by atoms with Crippen LogP contribution in [0.1, 0.15) is 24.4 Å². The molecular weight excluding hydrogens is 392 g/mol. The van der Waals surface area contributed by atoms with E-state index in [2.05, 4.69) is 25.1 Å². The van der Waals surface area contributed by atoms with Crippen LogP contribution >= 0.6 is 11.8 Å². The van der Waals surface area contributed by atoms with Crippen LogP contribution in [0.4, 0.5) is 11.4 Å². The molecule has 1 aromatic carbocycles. The lowest BCUT2D eigenvalue weighted by Gasteiger charge is -2.09. The summed E-state index contributed by atoms with van der Waals surface area (Å²) in [6.45, 7) is 1.66. The van der Waals surface area contributed by atoms with Gasteiger partial charge in [-0.2, -0.15) is 0 Å². The Labute approximate surface area is 170 Å². The molecule has 0 bridgehead atoms. The zero-order valence-electron chi connectivity index (χ0n) is 15.6. The van der Waals surface area contributed by atoms with Crippen molar-refractivity contribution in [1.29, 1.82) is 0 Å². The number of nitro benzene ring substituents is 1. The quantitative estimate of drug-likeness (QED) is 0.359. The Kier molecular flexibility index (Phi) is 5.26. The Morgan fingerprint density at radius 3 is 2.86 bits per heavy atom. The van der Waals surface area contributed by atoms with Gasteiger partial charge in [0, 0.05) is 41.3 Å². The van der Waals surface area contributed by atoms with Gasteiger partial charge in [-0.3, -0.25) is 24.5 Å². The molecule has 29 heavy (non-hydrogen) atoms. The fourth-order valence-corrected chi connectivity index (χ4v) is 3.75. The summed E-state index contributed by atoms with van der Waals surface area (Å²) >= 11 is 1.29. The minimum absolute atomic E-state index is 0.0231. The second kappa shape index (κ2) is 8.00. The van der Waals surface area contributed by atoms with Gasteiger partial charge >= 0.3 is 0 Å². The van der Waals surface area contributed by atoms with E-state index in [0.29, 0.717) is 22.4 Å². The van der Waals surface area contributed by atoms with E-state index >= 15 is 0 Å². The molecule has 0 unspecified atom stereocenters. The van der Waals surface area contributed by atoms with Crippen molar-refractivity contribution in [3.63, 3.8) is 0 Å². The van der Waals surface area contributed by atoms with Crippen LogP contribution in [0.3, 0.4) is 0 Å². The highest BCUT2D eigenvalue weighted by Gasteiger charge is 2.30. The average molecular weight is 410 g/mol. The first-order valence-corrected chi connectivity index (χ1v) is 10.0. The first kappa shape index (κ1) is 19.1. The first-order chi connectivity index (χ1) is 14.0. The Morgan fingerprint density at radius 2 is 2.17 bits per heavy atom. The van der Waals surface area contributed by atoms with Gasteiger partial charge in [-0.05, 0) is 38.0 Å². The second-order valence-corrected chi connectivity index (χ2v) is 7.69. The lowest BCUT2D eigenvalue weighted by Crippen LogP contribution is -2.15. The minimum atomic E-state index is -0.460. The summed E-state index contributed by atoms with van der Waals surface area (Å²) in [7, 11) is 0. The highest BCUT2D eigenvalue weighted by Crippen LogP contribution is 2.40. The predicted octanol–water partition coefficient (Wildman–Crippen LogP) is 3.62. The number of pyridine rings is 1. The van der Waals surface area contributed by atoms with Gasteiger partial charge in [0.05, 0.1) is 10.7 Å². The van der Waals surface area contributed by atoms with E-state index in [-0.39, 0.29) is 17.3 Å². The molecular formula is C19H18N6O3S. The summed E-state index contributed by atoms with van der Waals surface area (Å²) < 4.78 is 2.06. The maximum absolute atomic E-state index is 12.4. The molecule has 1 aliphatic rings. The van der Waals surface area contributed by atoms with Crippen molar-refractivity contribution in [1.82, 2.24) is 19.7 Å². The van der Waals surface area contributed by atoms with Crippen molar-refractivity contribution in [2.24, 2.45) is 0 Å². The Bertz CT molecular complexity index is 1070. The largest absolute Gasteiger partial charge is 0.325 e. The Balaban J connectivity index is 1.46. The number of benzene rings is 1. The van der Waals surface area contributed by atoms with Gasteiger partial charge in [0.15, 0.2) is 11.0 Å². The van der Waals surface area contributed by atoms with Crippen molar-refractivity contribution in [3.8, 4) is 11.4 Å². The van der Waals surface area contributed by atoms with Gasteiger partial charge in [0.1, 0.15) is 0 Å². The summed E-state index contributed by atoms with van der Waals surface area (Å²) in [5.74, 6) is 0.610. The summed E-state index contributed by atoms with van der Waals surface area (Å²) in [5, 5.41) is 23.0. The monoisotopic (exact) mass is 410 g/mol. The number of aromatic nitrogens is 4. The summed E-state index contributed by atoms with van der Waals surface area (Å²) in [5.41, 5.74) is 1.80. The zero-order chi connectivity index (χ0) is 20.4. The molecule has 2 heterocycles. The molecule has 0 atom stereocenters. The van der Waals surface area contributed by atoms with Crippen molar-refractivity contribution < 1.29 is 9.72 Å². The number of hydrogen-bond donors (Lipinski definition) is 1. The topological polar surface area (TPSA) is 116 Å². The molecule has 148 valence electrons. The highest BCUT2D eigenvalue weighted by atomic mass is 32.2. The molecule has 0 spiro atoms. The molecule has 1 aliphatic carbocycles. The molecule has 1 saturated carbocycles. The summed E-state index contributed by atoms with van der Waals surface area (Å²) in [6.07, 6.45) is 5.56. The summed E-state index contributed by atoms with van der Waals surface area (Å²) in [4.78, 5) is 27.1. The molecule has 0 radical (unpaired) electrons. The van der Waals surface area contributed by atoms with E-state index in [1.54, 1.807) is 31.5 Å². The standard InChI is InChI=1S/C19H18N6O3S/c1-12-4-5-14(9-16(12)25(27)28)21-17(26)11-29-19-23-22-18(24(19)15-6-7-15)13-3-2-8-20-10-13/h2-5,8-10,15H,6-7,11H2,1H3,(H,21,26). The third kappa shape index (κ3) is 4.27. The van der Waals surface area contributed by atoms with Crippen molar-refractivity contribution >= 4 is 29.0 Å². The number of carbonyl (C=O) groups excluding carboxylic acids is 1. The number of anilines is 1. The molecule has 0 aliphatic heterocycles. The SMILES string of the molecule is Cc1ccc(NC(=O)CSc2nnc(-c3cccnc3)n2C2CC2)cc1[N+](=O)[O-]. The van der Waals surface area contributed by atoms with Crippen LogP contribution in [0.5, 0.6) is 0 Å². The van der Waals surface area contributed by atoms with Crippen LogP contribution in [0.2, 0.25) is 0 Å². The van der Waals surface area contributed by atoms with Gasteiger partial charge in [-0.1, -0.05) is 17.8 Å². The van der Waals surface area contributed by atoms with E-state index < -0.39 is 4.92 Å². The van der Waals surface area contributed by atoms with Crippen LogP contribution in [0, 0.1) is 17.0 Å². The van der Waals surface area contributed by atoms with E-state index in [9.17, 15) is 14.9 Å². The average Bonchev–Trinajstić information content (AvgIpc) is 3.47. The second-order valence-electron chi connectivity index (χ2n) is 6.74. The Hall–Kier alpha value is -3.27. The van der Waals surface area contributed by atoms with Crippen molar-refractivity contribution in [2.45, 2.75) is 31.0 Å². The number of amides is 1. The van der Waals surface area contributed by atoms with E-state index in [1.807, 2.05) is 12.1 Å². The van der Waals surface area contributed by atoms with Crippen LogP contribution < -0.4 is 5.32 Å². The number of nitrogens with zero attached hydrogens (tertiary/aromatic N) is 5. The maximum atomic E-state index is 12.4. The van der Waals surface area contributed by atoms with Gasteiger partial charge in [0.2, 0.25) is 5.91 Å². The van der Waals surface area contributed by atoms with Gasteiger partial charge in [0.25, 0.3) is 5.69 Å². The molecule has 4 rings (SSSR count). The molecule has 0 saturated heterocycles. The number of nitrogens with one attached hydrogen (secondary N) is 1. The number of aryl methyl sites for hydroxylation is 1. The molecule has 1 amide bonds. The maximum Gasteiger partial charge on any atom is 0.274 e. The number of hydrogen-bond acceptors (Lipinski definition) is 7. The van der Waals surface area contributed by atoms with Crippen molar-refractivity contribution in [3.05, 3.63) is 58.4 Å². The van der Waals surface area contributed by atoms with Crippen LogP contribution in [0.25, 0.3) is 11.4 Å². The van der Waals surface area contributed by atoms with Gasteiger partial charge in [-0.25, -0.2) is 0 Å². The third-order valence-corrected chi connectivity index (χ3v) is 5.46. The first-order valence-electron chi connectivity index (χ1n) is 9.06. The smallest absolute Gasteiger partial charge is 0.274 e. The van der Waals surface area contributed by atoms with E-state index in [1.165, 1.54) is 17.8 Å². The third-order valence-electron chi connectivity index (χ3n) is 4.52. The zero-order valence-corrected chi connectivity index (χ0v) is 16.4. The predicted molar refractivity (Wildman–Crippen MR) is 109 cm³/mol. The van der Waals surface area contributed by atoms with Crippen LogP contribution in [0.15, 0.2) is 47.9 Å². The highest BCUT2D eigenvalue weighted by molar-refractivity contribution is 7.99. The number of thioether (sulfide) groups is 1. The lowest BCUT2D eigenvalue weighted by molar-refractivity contribution is -0.385. The number of rotatable bonds is 7. The molecule has 10 heteroatoms. The minimum Gasteiger partial charge on any atom is -0.325 e. The van der Waals surface area contributed by atoms with Gasteiger partial charge in [-0.15, -0.1) is 10.2 Å². The number of nitro groups is 1. The van der Waals surface area contributed by atoms with E-state index in [0.717, 1.165) is 24.2 Å². The fourth-order valence-electron chi connectivity index (χ4n) is 2.94.